The second-order valence-corrected chi connectivity index (χ2v) is 7.78. The van der Waals surface area contributed by atoms with Crippen molar-refractivity contribution in [2.45, 2.75) is 39.3 Å². The number of nitrogens with one attached hydrogen (secondary N) is 2. The summed E-state index contributed by atoms with van der Waals surface area (Å²) in [6.45, 7) is 7.62. The van der Waals surface area contributed by atoms with E-state index in [9.17, 15) is 0 Å². The molecule has 1 atom stereocenters. The third-order valence-corrected chi connectivity index (χ3v) is 5.31. The molecule has 7 heteroatoms. The van der Waals surface area contributed by atoms with Crippen molar-refractivity contribution >= 4 is 5.96 Å². The van der Waals surface area contributed by atoms with E-state index < -0.39 is 0 Å². The van der Waals surface area contributed by atoms with Crippen molar-refractivity contribution in [3.63, 3.8) is 0 Å². The molecule has 0 amide bonds. The number of ether oxygens (including phenoxy) is 4. The standard InChI is InChI=1S/C25H35N3O4/c1-5-26-25(27-12-10-19-7-9-22(29-3)24(15-19)30-4)28-16-20-8-6-18(2)14-23(20)32-21-11-13-31-17-21/h6-9,14-15,21H,5,10-13,16-17H2,1-4H3,(H2,26,27,28). The highest BCUT2D eigenvalue weighted by Gasteiger charge is 2.18. The first-order chi connectivity index (χ1) is 15.6. The summed E-state index contributed by atoms with van der Waals surface area (Å²) < 4.78 is 22.4. The summed E-state index contributed by atoms with van der Waals surface area (Å²) in [6, 6.07) is 12.3. The molecule has 0 saturated carbocycles. The van der Waals surface area contributed by atoms with Crippen LogP contribution in [0.5, 0.6) is 17.2 Å². The van der Waals surface area contributed by atoms with E-state index in [1.807, 2.05) is 12.1 Å². The average Bonchev–Trinajstić information content (AvgIpc) is 3.31. The maximum absolute atomic E-state index is 6.20. The van der Waals surface area contributed by atoms with Crippen LogP contribution in [0, 0.1) is 6.92 Å². The van der Waals surface area contributed by atoms with Crippen molar-refractivity contribution in [2.24, 2.45) is 4.99 Å². The lowest BCUT2D eigenvalue weighted by atomic mass is 10.1. The molecule has 32 heavy (non-hydrogen) atoms. The van der Waals surface area contributed by atoms with Crippen molar-refractivity contribution in [2.75, 3.05) is 40.5 Å². The molecule has 1 unspecified atom stereocenters. The number of benzene rings is 2. The van der Waals surface area contributed by atoms with E-state index in [4.69, 9.17) is 23.9 Å². The Morgan fingerprint density at radius 3 is 2.62 bits per heavy atom. The molecule has 3 rings (SSSR count). The molecule has 0 bridgehead atoms. The van der Waals surface area contributed by atoms with Gasteiger partial charge in [-0.3, -0.25) is 0 Å². The lowest BCUT2D eigenvalue weighted by Crippen LogP contribution is -2.38. The van der Waals surface area contributed by atoms with Gasteiger partial charge in [0.25, 0.3) is 0 Å². The summed E-state index contributed by atoms with van der Waals surface area (Å²) >= 11 is 0. The number of hydrogen-bond acceptors (Lipinski definition) is 5. The quantitative estimate of drug-likeness (QED) is 0.434. The predicted octanol–water partition coefficient (Wildman–Crippen LogP) is 3.48. The van der Waals surface area contributed by atoms with Gasteiger partial charge in [-0.15, -0.1) is 0 Å². The van der Waals surface area contributed by atoms with Crippen molar-refractivity contribution in [1.82, 2.24) is 10.6 Å². The van der Waals surface area contributed by atoms with Gasteiger partial charge >= 0.3 is 0 Å². The van der Waals surface area contributed by atoms with Crippen LogP contribution in [0.1, 0.15) is 30.0 Å². The largest absolute Gasteiger partial charge is 0.493 e. The van der Waals surface area contributed by atoms with E-state index in [1.165, 1.54) is 11.1 Å². The van der Waals surface area contributed by atoms with Gasteiger partial charge in [0.2, 0.25) is 0 Å². The van der Waals surface area contributed by atoms with Gasteiger partial charge < -0.3 is 29.6 Å². The van der Waals surface area contributed by atoms with Crippen molar-refractivity contribution < 1.29 is 18.9 Å². The van der Waals surface area contributed by atoms with Gasteiger partial charge in [-0.1, -0.05) is 18.2 Å². The highest BCUT2D eigenvalue weighted by molar-refractivity contribution is 5.79. The molecule has 0 aromatic heterocycles. The molecular weight excluding hydrogens is 406 g/mol. The van der Waals surface area contributed by atoms with Gasteiger partial charge in [-0.05, 0) is 49.6 Å². The lowest BCUT2D eigenvalue weighted by Gasteiger charge is -2.16. The van der Waals surface area contributed by atoms with Crippen LogP contribution in [0.4, 0.5) is 0 Å². The van der Waals surface area contributed by atoms with Crippen LogP contribution in [-0.2, 0) is 17.7 Å². The van der Waals surface area contributed by atoms with E-state index in [1.54, 1.807) is 14.2 Å². The number of hydrogen-bond donors (Lipinski definition) is 2. The first-order valence-corrected chi connectivity index (χ1v) is 11.2. The lowest BCUT2D eigenvalue weighted by molar-refractivity contribution is 0.140. The van der Waals surface area contributed by atoms with E-state index in [2.05, 4.69) is 48.7 Å². The zero-order chi connectivity index (χ0) is 22.8. The Balaban J connectivity index is 1.61. The molecule has 174 valence electrons. The van der Waals surface area contributed by atoms with E-state index in [-0.39, 0.29) is 6.10 Å². The van der Waals surface area contributed by atoms with Gasteiger partial charge in [0, 0.05) is 25.1 Å². The molecule has 1 fully saturated rings. The second-order valence-electron chi connectivity index (χ2n) is 7.78. The van der Waals surface area contributed by atoms with Gasteiger partial charge in [0.05, 0.1) is 34.0 Å². The van der Waals surface area contributed by atoms with Crippen LogP contribution < -0.4 is 24.8 Å². The summed E-state index contributed by atoms with van der Waals surface area (Å²) in [5, 5.41) is 6.73. The van der Waals surface area contributed by atoms with Gasteiger partial charge in [-0.25, -0.2) is 4.99 Å². The molecule has 2 aromatic rings. The molecular formula is C25H35N3O4. The van der Waals surface area contributed by atoms with Crippen LogP contribution in [-0.4, -0.2) is 52.6 Å². The Kier molecular flexibility index (Phi) is 9.04. The summed E-state index contributed by atoms with van der Waals surface area (Å²) in [7, 11) is 3.29. The Hall–Kier alpha value is -2.93. The predicted molar refractivity (Wildman–Crippen MR) is 127 cm³/mol. The average molecular weight is 442 g/mol. The minimum absolute atomic E-state index is 0.118. The Morgan fingerprint density at radius 1 is 1.06 bits per heavy atom. The van der Waals surface area contributed by atoms with E-state index in [0.29, 0.717) is 13.2 Å². The second kappa shape index (κ2) is 12.2. The fourth-order valence-electron chi connectivity index (χ4n) is 3.55. The normalized spacial score (nSPS) is 16.0. The zero-order valence-electron chi connectivity index (χ0n) is 19.6. The van der Waals surface area contributed by atoms with Gasteiger partial charge in [-0.2, -0.15) is 0 Å². The molecule has 1 aliphatic rings. The SMILES string of the molecule is CCNC(=NCc1ccc(C)cc1OC1CCOC1)NCCc1ccc(OC)c(OC)c1. The molecule has 1 aliphatic heterocycles. The van der Waals surface area contributed by atoms with Crippen LogP contribution in [0.2, 0.25) is 0 Å². The summed E-state index contributed by atoms with van der Waals surface area (Å²) in [4.78, 5) is 4.78. The van der Waals surface area contributed by atoms with Crippen LogP contribution in [0.25, 0.3) is 0 Å². The fourth-order valence-corrected chi connectivity index (χ4v) is 3.55. The molecule has 7 nitrogen and oxygen atoms in total. The highest BCUT2D eigenvalue weighted by atomic mass is 16.5. The summed E-state index contributed by atoms with van der Waals surface area (Å²) in [5.41, 5.74) is 3.41. The number of nitrogens with zero attached hydrogens (tertiary/aromatic N) is 1. The number of aliphatic imine (C=N–C) groups is 1. The maximum atomic E-state index is 6.20. The van der Waals surface area contributed by atoms with Gasteiger partial charge in [0.1, 0.15) is 11.9 Å². The van der Waals surface area contributed by atoms with Crippen molar-refractivity contribution in [1.29, 1.82) is 0 Å². The Bertz CT molecular complexity index is 895. The fraction of sp³-hybridized carbons (Fsp3) is 0.480. The third-order valence-electron chi connectivity index (χ3n) is 5.31. The molecule has 0 aliphatic carbocycles. The van der Waals surface area contributed by atoms with Crippen LogP contribution >= 0.6 is 0 Å². The molecule has 2 aromatic carbocycles. The minimum atomic E-state index is 0.118. The van der Waals surface area contributed by atoms with Gasteiger partial charge in [0.15, 0.2) is 17.5 Å². The van der Waals surface area contributed by atoms with Crippen molar-refractivity contribution in [3.8, 4) is 17.2 Å². The maximum Gasteiger partial charge on any atom is 0.191 e. The first kappa shape index (κ1) is 23.7. The minimum Gasteiger partial charge on any atom is -0.493 e. The topological polar surface area (TPSA) is 73.3 Å². The number of aryl methyl sites for hydroxylation is 1. The monoisotopic (exact) mass is 441 g/mol. The third kappa shape index (κ3) is 6.79. The van der Waals surface area contributed by atoms with E-state index >= 15 is 0 Å². The molecule has 0 spiro atoms. The molecule has 2 N–H and O–H groups in total. The zero-order valence-corrected chi connectivity index (χ0v) is 19.6. The van der Waals surface area contributed by atoms with Crippen LogP contribution in [0.15, 0.2) is 41.4 Å². The van der Waals surface area contributed by atoms with Crippen molar-refractivity contribution in [3.05, 3.63) is 53.1 Å². The molecule has 1 heterocycles. The van der Waals surface area contributed by atoms with E-state index in [0.717, 1.165) is 61.3 Å². The Morgan fingerprint density at radius 2 is 1.91 bits per heavy atom. The number of guanidine groups is 1. The Labute approximate surface area is 191 Å². The van der Waals surface area contributed by atoms with Crippen LogP contribution in [0.3, 0.4) is 0 Å². The smallest absolute Gasteiger partial charge is 0.191 e. The summed E-state index contributed by atoms with van der Waals surface area (Å²) in [6.07, 6.45) is 1.88. The summed E-state index contributed by atoms with van der Waals surface area (Å²) in [5.74, 6) is 3.15. The highest BCUT2D eigenvalue weighted by Crippen LogP contribution is 2.27. The first-order valence-electron chi connectivity index (χ1n) is 11.2. The molecule has 0 radical (unpaired) electrons. The number of rotatable bonds is 10. The molecule has 1 saturated heterocycles. The number of methoxy groups -OCH3 is 2.